The summed E-state index contributed by atoms with van der Waals surface area (Å²) in [4.78, 5) is 43.1. The van der Waals surface area contributed by atoms with Gasteiger partial charge in [0.05, 0.1) is 18.2 Å². The number of carbonyl (C=O) groups is 3. The molecule has 3 N–H and O–H groups in total. The molecule has 12 nitrogen and oxygen atoms in total. The van der Waals surface area contributed by atoms with Gasteiger partial charge in [-0.25, -0.2) is 0 Å². The third-order valence-electron chi connectivity index (χ3n) is 10.8. The monoisotopic (exact) mass is 673 g/mol. The molecule has 4 heterocycles. The largest absolute Gasteiger partial charge is 0.507 e. The number of amides is 2. The summed E-state index contributed by atoms with van der Waals surface area (Å²) in [5, 5.41) is 28.4. The minimum Gasteiger partial charge on any atom is -0.507 e. The van der Waals surface area contributed by atoms with Crippen molar-refractivity contribution in [1.82, 2.24) is 20.4 Å². The van der Waals surface area contributed by atoms with Crippen molar-refractivity contribution in [2.24, 2.45) is 0 Å². The van der Waals surface area contributed by atoms with E-state index in [1.54, 1.807) is 13.8 Å². The first-order chi connectivity index (χ1) is 23.4. The lowest BCUT2D eigenvalue weighted by atomic mass is 9.71. The number of ether oxygens (including phenoxy) is 3. The van der Waals surface area contributed by atoms with Crippen molar-refractivity contribution < 1.29 is 33.7 Å². The molecule has 4 aliphatic rings. The van der Waals surface area contributed by atoms with Crippen LogP contribution in [0, 0.1) is 32.1 Å². The number of phenolic OH excluding ortho intramolecular Hbond substituents is 1. The number of aryl methyl sites for hydroxylation is 1. The van der Waals surface area contributed by atoms with Crippen LogP contribution in [0.15, 0.2) is 6.07 Å². The number of carbonyl (C=O) groups excluding carboxylic acids is 3. The zero-order valence-corrected chi connectivity index (χ0v) is 29.4. The quantitative estimate of drug-likeness (QED) is 0.264. The number of rotatable bonds is 9. The van der Waals surface area contributed by atoms with Crippen molar-refractivity contribution in [3.05, 3.63) is 45.0 Å². The van der Waals surface area contributed by atoms with Crippen LogP contribution in [0.2, 0.25) is 0 Å². The minimum atomic E-state index is -0.772. The van der Waals surface area contributed by atoms with E-state index in [0.717, 1.165) is 22.3 Å². The standard InChI is InChI=1S/C37H47N5O7/c1-8-10-28(43)40-21(6)37(46)39-16-27-31-23(33(45)20(5)35-36(31)48-17-47-35)14-25-32-30-22(13-24(41(32)7)26(15-38)42(25)27)12-18(3)19(4)34(30)49-29(44)11-9-2/h12,21,24-27,32,45H,8-11,13-14,16-17H2,1-7H3,(H,39,46)(H,40,43)/t21?,24-,25?,26-,27-,32-/m0/s1. The van der Waals surface area contributed by atoms with E-state index in [0.29, 0.717) is 72.5 Å². The Morgan fingerprint density at radius 1 is 1.06 bits per heavy atom. The summed E-state index contributed by atoms with van der Waals surface area (Å²) in [5.41, 5.74) is 5.82. The van der Waals surface area contributed by atoms with Crippen LogP contribution < -0.4 is 24.8 Å². The van der Waals surface area contributed by atoms with Crippen molar-refractivity contribution in [2.75, 3.05) is 20.4 Å². The number of likely N-dealkylation sites (N-methyl/N-ethyl adjacent to an activating group) is 1. The van der Waals surface area contributed by atoms with Crippen molar-refractivity contribution >= 4 is 17.8 Å². The van der Waals surface area contributed by atoms with Gasteiger partial charge in [0.15, 0.2) is 11.5 Å². The van der Waals surface area contributed by atoms with Gasteiger partial charge in [0, 0.05) is 53.7 Å². The number of hydrogen-bond acceptors (Lipinski definition) is 10. The van der Waals surface area contributed by atoms with Crippen LogP contribution >= 0.6 is 0 Å². The molecule has 6 atom stereocenters. The van der Waals surface area contributed by atoms with Crippen molar-refractivity contribution in [2.45, 2.75) is 116 Å². The van der Waals surface area contributed by atoms with Crippen LogP contribution in [0.5, 0.6) is 23.0 Å². The molecule has 1 saturated heterocycles. The van der Waals surface area contributed by atoms with E-state index in [1.165, 1.54) is 0 Å². The number of nitrogens with one attached hydrogen (secondary N) is 2. The molecule has 2 aromatic rings. The molecule has 0 radical (unpaired) electrons. The predicted octanol–water partition coefficient (Wildman–Crippen LogP) is 3.94. The second-order valence-electron chi connectivity index (χ2n) is 13.8. The molecule has 4 aliphatic heterocycles. The Morgan fingerprint density at radius 2 is 1.78 bits per heavy atom. The summed E-state index contributed by atoms with van der Waals surface area (Å²) in [5.74, 6) is 0.777. The number of benzene rings is 2. The Kier molecular flexibility index (Phi) is 9.52. The summed E-state index contributed by atoms with van der Waals surface area (Å²) in [7, 11) is 2.02. The summed E-state index contributed by atoms with van der Waals surface area (Å²) >= 11 is 0. The highest BCUT2D eigenvalue weighted by molar-refractivity contribution is 5.87. The van der Waals surface area contributed by atoms with Crippen molar-refractivity contribution in [1.29, 1.82) is 5.26 Å². The highest BCUT2D eigenvalue weighted by Crippen LogP contribution is 2.57. The van der Waals surface area contributed by atoms with Gasteiger partial charge >= 0.3 is 5.97 Å². The van der Waals surface area contributed by atoms with Gasteiger partial charge in [-0.1, -0.05) is 19.9 Å². The van der Waals surface area contributed by atoms with Crippen molar-refractivity contribution in [3.8, 4) is 29.1 Å². The lowest BCUT2D eigenvalue weighted by Crippen LogP contribution is -2.69. The molecule has 1 fully saturated rings. The van der Waals surface area contributed by atoms with E-state index >= 15 is 0 Å². The first-order valence-electron chi connectivity index (χ1n) is 17.4. The molecule has 0 saturated carbocycles. The third-order valence-corrected chi connectivity index (χ3v) is 10.8. The molecule has 6 rings (SSSR count). The Balaban J connectivity index is 1.49. The predicted molar refractivity (Wildman–Crippen MR) is 180 cm³/mol. The number of nitriles is 1. The number of nitrogens with zero attached hydrogens (tertiary/aromatic N) is 3. The minimum absolute atomic E-state index is 0.0107. The molecule has 2 unspecified atom stereocenters. The average Bonchev–Trinajstić information content (AvgIpc) is 3.55. The van der Waals surface area contributed by atoms with Crippen LogP contribution in [-0.2, 0) is 27.2 Å². The third kappa shape index (κ3) is 5.76. The van der Waals surface area contributed by atoms with E-state index < -0.39 is 18.1 Å². The van der Waals surface area contributed by atoms with Gasteiger partial charge in [0.1, 0.15) is 23.6 Å². The molecule has 0 spiro atoms. The maximum Gasteiger partial charge on any atom is 0.311 e. The van der Waals surface area contributed by atoms with Crippen molar-refractivity contribution in [3.63, 3.8) is 0 Å². The van der Waals surface area contributed by atoms with Gasteiger partial charge in [-0.15, -0.1) is 0 Å². The van der Waals surface area contributed by atoms with Crippen LogP contribution in [0.3, 0.4) is 0 Å². The lowest BCUT2D eigenvalue weighted by molar-refractivity contribution is -0.134. The molecule has 12 heteroatoms. The van der Waals surface area contributed by atoms with Crippen LogP contribution in [-0.4, -0.2) is 77.2 Å². The average molecular weight is 674 g/mol. The number of phenols is 1. The van der Waals surface area contributed by atoms with E-state index in [2.05, 4.69) is 32.6 Å². The maximum absolute atomic E-state index is 13.4. The Morgan fingerprint density at radius 3 is 2.47 bits per heavy atom. The molecule has 49 heavy (non-hydrogen) atoms. The molecule has 2 aromatic carbocycles. The summed E-state index contributed by atoms with van der Waals surface area (Å²) in [6.45, 7) is 11.3. The van der Waals surface area contributed by atoms with Gasteiger partial charge in [-0.2, -0.15) is 5.26 Å². The molecule has 0 aliphatic carbocycles. The maximum atomic E-state index is 13.4. The molecule has 2 bridgehead atoms. The summed E-state index contributed by atoms with van der Waals surface area (Å²) < 4.78 is 18.0. The van der Waals surface area contributed by atoms with E-state index in [1.807, 2.05) is 34.7 Å². The number of aromatic hydroxyl groups is 1. The van der Waals surface area contributed by atoms with E-state index in [9.17, 15) is 24.8 Å². The second-order valence-corrected chi connectivity index (χ2v) is 13.8. The molecule has 0 aromatic heterocycles. The highest BCUT2D eigenvalue weighted by atomic mass is 16.7. The number of hydrogen-bond donors (Lipinski definition) is 3. The number of esters is 1. The van der Waals surface area contributed by atoms with E-state index in [-0.39, 0.29) is 55.0 Å². The Labute approximate surface area is 287 Å². The smallest absolute Gasteiger partial charge is 0.311 e. The van der Waals surface area contributed by atoms with Crippen LogP contribution in [0.25, 0.3) is 0 Å². The summed E-state index contributed by atoms with van der Waals surface area (Å²) in [6, 6.07) is 1.96. The normalized spacial score (nSPS) is 24.2. The highest BCUT2D eigenvalue weighted by Gasteiger charge is 2.56. The van der Waals surface area contributed by atoms with Gasteiger partial charge in [0.2, 0.25) is 18.6 Å². The topological polar surface area (TPSA) is 153 Å². The zero-order chi connectivity index (χ0) is 35.3. The van der Waals surface area contributed by atoms with Crippen LogP contribution in [0.1, 0.15) is 97.5 Å². The van der Waals surface area contributed by atoms with Gasteiger partial charge < -0.3 is 30.0 Å². The Hall–Kier alpha value is -4.34. The fourth-order valence-corrected chi connectivity index (χ4v) is 8.34. The molecular formula is C37H47N5O7. The second kappa shape index (κ2) is 13.5. The number of fused-ring (bicyclic) bond motifs is 9. The molecule has 262 valence electrons. The number of piperazine rings is 1. The Bertz CT molecular complexity index is 1730. The first-order valence-corrected chi connectivity index (χ1v) is 17.4. The first kappa shape index (κ1) is 34.5. The van der Waals surface area contributed by atoms with Gasteiger partial charge in [-0.05, 0) is 77.1 Å². The zero-order valence-electron chi connectivity index (χ0n) is 29.4. The molecular weight excluding hydrogens is 626 g/mol. The molecule has 2 amide bonds. The van der Waals surface area contributed by atoms with E-state index in [4.69, 9.17) is 14.2 Å². The fourth-order valence-electron chi connectivity index (χ4n) is 8.34. The fraction of sp³-hybridized carbons (Fsp3) is 0.568. The van der Waals surface area contributed by atoms with Crippen LogP contribution in [0.4, 0.5) is 0 Å². The summed E-state index contributed by atoms with van der Waals surface area (Å²) in [6.07, 6.45) is 2.89. The van der Waals surface area contributed by atoms with Gasteiger partial charge in [0.25, 0.3) is 0 Å². The van der Waals surface area contributed by atoms with Gasteiger partial charge in [-0.3, -0.25) is 24.2 Å². The lowest BCUT2D eigenvalue weighted by Gasteiger charge is -2.60. The SMILES string of the molecule is CCCC(=O)NC(C)C(=O)NC[C@H]1c2c(c(O)c(C)c3c2OCO3)CC2[C@H]3c4c(cc(C)c(C)c4OC(=O)CCC)C[C@@H]([C@H](C#N)N21)N3C.